The van der Waals surface area contributed by atoms with E-state index in [0.717, 1.165) is 25.0 Å². The van der Waals surface area contributed by atoms with Crippen LogP contribution in [0.4, 0.5) is 0 Å². The van der Waals surface area contributed by atoms with Crippen molar-refractivity contribution in [3.63, 3.8) is 0 Å². The number of carbonyl (C=O) groups is 1. The van der Waals surface area contributed by atoms with E-state index in [2.05, 4.69) is 32.9 Å². The van der Waals surface area contributed by atoms with E-state index in [4.69, 9.17) is 9.84 Å². The number of hydrogen-bond acceptors (Lipinski definition) is 2. The van der Waals surface area contributed by atoms with E-state index in [0.29, 0.717) is 12.5 Å². The first-order valence-corrected chi connectivity index (χ1v) is 6.95. The number of carboxylic acid groups (broad SMARTS) is 1. The Kier molecular flexibility index (Phi) is 6.40. The zero-order valence-corrected chi connectivity index (χ0v) is 12.1. The Morgan fingerprint density at radius 1 is 1.21 bits per heavy atom. The molecule has 1 aromatic rings. The maximum Gasteiger partial charge on any atom is 0.303 e. The van der Waals surface area contributed by atoms with Gasteiger partial charge in [0, 0.05) is 6.42 Å². The molecular weight excluding hydrogens is 240 g/mol. The lowest BCUT2D eigenvalue weighted by Crippen LogP contribution is -2.00. The van der Waals surface area contributed by atoms with Gasteiger partial charge in [-0.2, -0.15) is 0 Å². The zero-order valence-electron chi connectivity index (χ0n) is 12.1. The standard InChI is InChI=1S/C16H24O3/c1-12(2)14-9-13(3)10-15(11-14)19-8-6-4-5-7-16(17)18/h9-12H,4-8H2,1-3H3,(H,17,18). The van der Waals surface area contributed by atoms with Gasteiger partial charge in [-0.3, -0.25) is 4.79 Å². The van der Waals surface area contributed by atoms with Crippen molar-refractivity contribution in [3.05, 3.63) is 29.3 Å². The van der Waals surface area contributed by atoms with Gasteiger partial charge in [-0.15, -0.1) is 0 Å². The van der Waals surface area contributed by atoms with E-state index in [9.17, 15) is 4.79 Å². The van der Waals surface area contributed by atoms with Gasteiger partial charge in [-0.25, -0.2) is 0 Å². The lowest BCUT2D eigenvalue weighted by atomic mass is 10.0. The molecule has 0 saturated heterocycles. The zero-order chi connectivity index (χ0) is 14.3. The molecule has 0 heterocycles. The molecule has 1 rings (SSSR count). The summed E-state index contributed by atoms with van der Waals surface area (Å²) in [6, 6.07) is 6.32. The maximum atomic E-state index is 10.4. The smallest absolute Gasteiger partial charge is 0.303 e. The summed E-state index contributed by atoms with van der Waals surface area (Å²) in [5.41, 5.74) is 2.51. The molecule has 3 nitrogen and oxygen atoms in total. The summed E-state index contributed by atoms with van der Waals surface area (Å²) in [6.45, 7) is 7.07. The molecule has 0 spiro atoms. The fraction of sp³-hybridized carbons (Fsp3) is 0.562. The maximum absolute atomic E-state index is 10.4. The third-order valence-electron chi connectivity index (χ3n) is 3.04. The molecule has 0 bridgehead atoms. The highest BCUT2D eigenvalue weighted by Crippen LogP contribution is 2.23. The van der Waals surface area contributed by atoms with Crippen LogP contribution in [0.25, 0.3) is 0 Å². The van der Waals surface area contributed by atoms with Crippen LogP contribution in [0.15, 0.2) is 18.2 Å². The van der Waals surface area contributed by atoms with E-state index in [1.807, 2.05) is 6.07 Å². The Morgan fingerprint density at radius 3 is 2.58 bits per heavy atom. The monoisotopic (exact) mass is 264 g/mol. The molecule has 0 aliphatic rings. The summed E-state index contributed by atoms with van der Waals surface area (Å²) >= 11 is 0. The van der Waals surface area contributed by atoms with Crippen LogP contribution >= 0.6 is 0 Å². The van der Waals surface area contributed by atoms with E-state index >= 15 is 0 Å². The lowest BCUT2D eigenvalue weighted by molar-refractivity contribution is -0.137. The van der Waals surface area contributed by atoms with E-state index in [1.54, 1.807) is 0 Å². The number of hydrogen-bond donors (Lipinski definition) is 1. The highest BCUT2D eigenvalue weighted by molar-refractivity contribution is 5.66. The van der Waals surface area contributed by atoms with Crippen molar-refractivity contribution in [2.45, 2.75) is 52.4 Å². The second-order valence-electron chi connectivity index (χ2n) is 5.29. The van der Waals surface area contributed by atoms with Gasteiger partial charge in [-0.1, -0.05) is 19.9 Å². The first-order chi connectivity index (χ1) is 8.99. The molecule has 0 aliphatic carbocycles. The highest BCUT2D eigenvalue weighted by atomic mass is 16.5. The Hall–Kier alpha value is -1.51. The fourth-order valence-corrected chi connectivity index (χ4v) is 1.94. The Morgan fingerprint density at radius 2 is 1.95 bits per heavy atom. The summed E-state index contributed by atoms with van der Waals surface area (Å²) in [5.74, 6) is 0.695. The molecule has 1 aromatic carbocycles. The fourth-order valence-electron chi connectivity index (χ4n) is 1.94. The second-order valence-corrected chi connectivity index (χ2v) is 5.29. The molecule has 0 unspecified atom stereocenters. The molecule has 0 amide bonds. The Bertz CT molecular complexity index is 410. The average Bonchev–Trinajstić information content (AvgIpc) is 2.32. The van der Waals surface area contributed by atoms with Crippen molar-refractivity contribution in [1.82, 2.24) is 0 Å². The minimum Gasteiger partial charge on any atom is -0.494 e. The van der Waals surface area contributed by atoms with E-state index in [1.165, 1.54) is 11.1 Å². The average molecular weight is 264 g/mol. The third kappa shape index (κ3) is 6.27. The van der Waals surface area contributed by atoms with Crippen molar-refractivity contribution in [3.8, 4) is 5.75 Å². The van der Waals surface area contributed by atoms with Crippen molar-refractivity contribution >= 4 is 5.97 Å². The molecule has 0 saturated carbocycles. The van der Waals surface area contributed by atoms with Crippen molar-refractivity contribution in [1.29, 1.82) is 0 Å². The summed E-state index contributed by atoms with van der Waals surface area (Å²) in [7, 11) is 0. The van der Waals surface area contributed by atoms with Crippen LogP contribution in [0, 0.1) is 6.92 Å². The molecule has 0 radical (unpaired) electrons. The molecular formula is C16H24O3. The number of rotatable bonds is 8. The molecule has 106 valence electrons. The van der Waals surface area contributed by atoms with Crippen LogP contribution in [-0.4, -0.2) is 17.7 Å². The topological polar surface area (TPSA) is 46.5 Å². The van der Waals surface area contributed by atoms with Gasteiger partial charge in [0.05, 0.1) is 6.61 Å². The predicted molar refractivity (Wildman–Crippen MR) is 76.9 cm³/mol. The molecule has 19 heavy (non-hydrogen) atoms. The Labute approximate surface area is 115 Å². The SMILES string of the molecule is Cc1cc(OCCCCCC(=O)O)cc(C(C)C)c1. The van der Waals surface area contributed by atoms with E-state index in [-0.39, 0.29) is 6.42 Å². The molecule has 0 aromatic heterocycles. The molecule has 0 aliphatic heterocycles. The first-order valence-electron chi connectivity index (χ1n) is 6.95. The van der Waals surface area contributed by atoms with Crippen molar-refractivity contribution in [2.75, 3.05) is 6.61 Å². The van der Waals surface area contributed by atoms with Gasteiger partial charge in [-0.05, 0) is 55.4 Å². The number of aliphatic carboxylic acids is 1. The quantitative estimate of drug-likeness (QED) is 0.718. The minimum absolute atomic E-state index is 0.252. The largest absolute Gasteiger partial charge is 0.494 e. The molecule has 1 N–H and O–H groups in total. The van der Waals surface area contributed by atoms with Gasteiger partial charge in [0.2, 0.25) is 0 Å². The van der Waals surface area contributed by atoms with Crippen LogP contribution in [-0.2, 0) is 4.79 Å². The van der Waals surface area contributed by atoms with Gasteiger partial charge in [0.1, 0.15) is 5.75 Å². The Balaban J connectivity index is 2.35. The van der Waals surface area contributed by atoms with Gasteiger partial charge in [0.25, 0.3) is 0 Å². The number of unbranched alkanes of at least 4 members (excludes halogenated alkanes) is 2. The molecule has 0 atom stereocenters. The van der Waals surface area contributed by atoms with Gasteiger partial charge >= 0.3 is 5.97 Å². The highest BCUT2D eigenvalue weighted by Gasteiger charge is 2.03. The number of ether oxygens (including phenoxy) is 1. The second kappa shape index (κ2) is 7.82. The lowest BCUT2D eigenvalue weighted by Gasteiger charge is -2.11. The van der Waals surface area contributed by atoms with Crippen LogP contribution in [0.2, 0.25) is 0 Å². The third-order valence-corrected chi connectivity index (χ3v) is 3.04. The van der Waals surface area contributed by atoms with Crippen LogP contribution < -0.4 is 4.74 Å². The number of carboxylic acids is 1. The summed E-state index contributed by atoms with van der Waals surface area (Å²) < 4.78 is 5.74. The minimum atomic E-state index is -0.721. The van der Waals surface area contributed by atoms with Crippen molar-refractivity contribution < 1.29 is 14.6 Å². The first kappa shape index (κ1) is 15.5. The normalized spacial score (nSPS) is 10.7. The van der Waals surface area contributed by atoms with E-state index < -0.39 is 5.97 Å². The number of aryl methyl sites for hydroxylation is 1. The number of benzene rings is 1. The summed E-state index contributed by atoms with van der Waals surface area (Å²) in [5, 5.41) is 8.53. The van der Waals surface area contributed by atoms with Crippen LogP contribution in [0.1, 0.15) is 56.6 Å². The van der Waals surface area contributed by atoms with Crippen LogP contribution in [0.5, 0.6) is 5.75 Å². The van der Waals surface area contributed by atoms with Crippen LogP contribution in [0.3, 0.4) is 0 Å². The summed E-state index contributed by atoms with van der Waals surface area (Å²) in [6.07, 6.45) is 2.78. The molecule has 3 heteroatoms. The van der Waals surface area contributed by atoms with Gasteiger partial charge in [0.15, 0.2) is 0 Å². The predicted octanol–water partition coefficient (Wildman–Crippen LogP) is 4.14. The molecule has 0 fully saturated rings. The summed E-state index contributed by atoms with van der Waals surface area (Å²) in [4.78, 5) is 10.4. The van der Waals surface area contributed by atoms with Crippen molar-refractivity contribution in [2.24, 2.45) is 0 Å². The van der Waals surface area contributed by atoms with Gasteiger partial charge < -0.3 is 9.84 Å².